The van der Waals surface area contributed by atoms with E-state index in [2.05, 4.69) is 47.9 Å². The van der Waals surface area contributed by atoms with E-state index in [1.165, 1.54) is 16.6 Å². The SMILES string of the molecule is CC(C)N1CCN2CCc3c4n(c5ccccc35)C(=O)C[C@@H]1[C@H]42. The number of fused-ring (bicyclic) bond motifs is 3. The fourth-order valence-electron chi connectivity index (χ4n) is 5.14. The van der Waals surface area contributed by atoms with Gasteiger partial charge in [0.15, 0.2) is 0 Å². The zero-order valence-electron chi connectivity index (χ0n) is 13.8. The zero-order valence-corrected chi connectivity index (χ0v) is 13.8. The van der Waals surface area contributed by atoms with Crippen molar-refractivity contribution < 1.29 is 4.79 Å². The lowest BCUT2D eigenvalue weighted by molar-refractivity contribution is -0.0172. The Morgan fingerprint density at radius 3 is 2.78 bits per heavy atom. The average Bonchev–Trinajstić information content (AvgIpc) is 2.89. The predicted octanol–water partition coefficient (Wildman–Crippen LogP) is 2.68. The largest absolute Gasteiger partial charge is 0.294 e. The maximum Gasteiger partial charge on any atom is 0.233 e. The van der Waals surface area contributed by atoms with Gasteiger partial charge >= 0.3 is 0 Å². The van der Waals surface area contributed by atoms with Gasteiger partial charge in [-0.05, 0) is 31.9 Å². The molecule has 1 saturated heterocycles. The maximum atomic E-state index is 13.0. The van der Waals surface area contributed by atoms with Crippen molar-refractivity contribution in [1.82, 2.24) is 14.4 Å². The first-order chi connectivity index (χ1) is 11.2. The monoisotopic (exact) mass is 309 g/mol. The first-order valence-electron chi connectivity index (χ1n) is 8.82. The molecule has 4 nitrogen and oxygen atoms in total. The molecule has 0 unspecified atom stereocenters. The molecule has 0 amide bonds. The Hall–Kier alpha value is -1.65. The van der Waals surface area contributed by atoms with Gasteiger partial charge in [0.05, 0.1) is 11.6 Å². The molecule has 0 spiro atoms. The van der Waals surface area contributed by atoms with Gasteiger partial charge in [0.25, 0.3) is 0 Å². The second-order valence-corrected chi connectivity index (χ2v) is 7.44. The fraction of sp³-hybridized carbons (Fsp3) is 0.526. The first-order valence-corrected chi connectivity index (χ1v) is 8.82. The molecule has 120 valence electrons. The van der Waals surface area contributed by atoms with E-state index in [-0.39, 0.29) is 5.91 Å². The average molecular weight is 309 g/mol. The highest BCUT2D eigenvalue weighted by molar-refractivity contribution is 5.97. The lowest BCUT2D eigenvalue weighted by Gasteiger charge is -2.53. The lowest BCUT2D eigenvalue weighted by atomic mass is 9.85. The number of aromatic nitrogens is 1. The molecule has 3 aliphatic rings. The Morgan fingerprint density at radius 2 is 1.96 bits per heavy atom. The van der Waals surface area contributed by atoms with Gasteiger partial charge < -0.3 is 0 Å². The molecule has 3 aliphatic heterocycles. The molecule has 1 fully saturated rings. The van der Waals surface area contributed by atoms with Crippen LogP contribution in [0.25, 0.3) is 10.9 Å². The molecule has 4 heteroatoms. The minimum atomic E-state index is 0.276. The van der Waals surface area contributed by atoms with Crippen LogP contribution in [-0.2, 0) is 6.42 Å². The van der Waals surface area contributed by atoms with Crippen molar-refractivity contribution >= 4 is 16.8 Å². The predicted molar refractivity (Wildman–Crippen MR) is 90.8 cm³/mol. The van der Waals surface area contributed by atoms with E-state index in [9.17, 15) is 4.79 Å². The molecule has 5 rings (SSSR count). The van der Waals surface area contributed by atoms with Crippen LogP contribution >= 0.6 is 0 Å². The summed E-state index contributed by atoms with van der Waals surface area (Å²) in [6.45, 7) is 7.85. The summed E-state index contributed by atoms with van der Waals surface area (Å²) in [4.78, 5) is 18.2. The fourth-order valence-corrected chi connectivity index (χ4v) is 5.14. The molecule has 1 aromatic heterocycles. The molecule has 0 saturated carbocycles. The summed E-state index contributed by atoms with van der Waals surface area (Å²) in [7, 11) is 0. The number of carbonyl (C=O) groups excluding carboxylic acids is 1. The lowest BCUT2D eigenvalue weighted by Crippen LogP contribution is -2.61. The van der Waals surface area contributed by atoms with E-state index in [1.807, 2.05) is 4.57 Å². The summed E-state index contributed by atoms with van der Waals surface area (Å²) in [5.41, 5.74) is 3.83. The minimum Gasteiger partial charge on any atom is -0.294 e. The van der Waals surface area contributed by atoms with Crippen LogP contribution in [0.2, 0.25) is 0 Å². The normalized spacial score (nSPS) is 27.7. The summed E-state index contributed by atoms with van der Waals surface area (Å²) in [6.07, 6.45) is 1.71. The van der Waals surface area contributed by atoms with Crippen molar-refractivity contribution in [2.75, 3.05) is 19.6 Å². The third kappa shape index (κ3) is 1.71. The molecule has 4 heterocycles. The summed E-state index contributed by atoms with van der Waals surface area (Å²) in [6, 6.07) is 9.68. The number of rotatable bonds is 1. The van der Waals surface area contributed by atoms with Crippen LogP contribution < -0.4 is 0 Å². The molecular formula is C19H23N3O. The number of benzene rings is 1. The van der Waals surface area contributed by atoms with Gasteiger partial charge in [0.1, 0.15) is 0 Å². The van der Waals surface area contributed by atoms with E-state index in [0.29, 0.717) is 24.5 Å². The smallest absolute Gasteiger partial charge is 0.233 e. The van der Waals surface area contributed by atoms with Gasteiger partial charge in [0, 0.05) is 49.2 Å². The van der Waals surface area contributed by atoms with Gasteiger partial charge in [-0.3, -0.25) is 19.2 Å². The highest BCUT2D eigenvalue weighted by atomic mass is 16.2. The van der Waals surface area contributed by atoms with Crippen molar-refractivity contribution in [2.45, 2.75) is 44.8 Å². The summed E-state index contributed by atoms with van der Waals surface area (Å²) in [5.74, 6) is 0.276. The number of nitrogens with zero attached hydrogens (tertiary/aromatic N) is 3. The van der Waals surface area contributed by atoms with Crippen molar-refractivity contribution in [2.24, 2.45) is 0 Å². The molecule has 2 aromatic rings. The minimum absolute atomic E-state index is 0.276. The molecule has 0 N–H and O–H groups in total. The Kier molecular flexibility index (Phi) is 2.80. The first kappa shape index (κ1) is 13.8. The highest BCUT2D eigenvalue weighted by Gasteiger charge is 2.48. The summed E-state index contributed by atoms with van der Waals surface area (Å²) in [5, 5.41) is 1.29. The molecule has 2 atom stereocenters. The number of hydrogen-bond acceptors (Lipinski definition) is 3. The second-order valence-electron chi connectivity index (χ2n) is 7.44. The molecular weight excluding hydrogens is 286 g/mol. The quantitative estimate of drug-likeness (QED) is 0.811. The third-order valence-electron chi connectivity index (χ3n) is 6.08. The van der Waals surface area contributed by atoms with Gasteiger partial charge in [0.2, 0.25) is 5.91 Å². The van der Waals surface area contributed by atoms with E-state index in [1.54, 1.807) is 0 Å². The highest BCUT2D eigenvalue weighted by Crippen LogP contribution is 2.45. The van der Waals surface area contributed by atoms with Crippen molar-refractivity contribution in [3.8, 4) is 0 Å². The maximum absolute atomic E-state index is 13.0. The van der Waals surface area contributed by atoms with Gasteiger partial charge in [-0.1, -0.05) is 18.2 Å². The molecule has 0 bridgehead atoms. The number of carbonyl (C=O) groups is 1. The van der Waals surface area contributed by atoms with E-state index >= 15 is 0 Å². The van der Waals surface area contributed by atoms with Crippen molar-refractivity contribution in [1.29, 1.82) is 0 Å². The van der Waals surface area contributed by atoms with Crippen LogP contribution in [0.1, 0.15) is 42.4 Å². The molecule has 1 aromatic carbocycles. The van der Waals surface area contributed by atoms with Crippen LogP contribution in [-0.4, -0.2) is 52.0 Å². The zero-order chi connectivity index (χ0) is 15.7. The van der Waals surface area contributed by atoms with Gasteiger partial charge in [-0.15, -0.1) is 0 Å². The Morgan fingerprint density at radius 1 is 1.13 bits per heavy atom. The molecule has 0 radical (unpaired) electrons. The Labute approximate surface area is 136 Å². The van der Waals surface area contributed by atoms with Gasteiger partial charge in [-0.25, -0.2) is 0 Å². The van der Waals surface area contributed by atoms with Crippen molar-refractivity contribution in [3.63, 3.8) is 0 Å². The van der Waals surface area contributed by atoms with E-state index in [0.717, 1.165) is 31.6 Å². The van der Waals surface area contributed by atoms with Crippen LogP contribution in [0.3, 0.4) is 0 Å². The molecule has 23 heavy (non-hydrogen) atoms. The number of para-hydroxylation sites is 1. The van der Waals surface area contributed by atoms with Crippen molar-refractivity contribution in [3.05, 3.63) is 35.5 Å². The summed E-state index contributed by atoms with van der Waals surface area (Å²) < 4.78 is 2.04. The second kappa shape index (κ2) is 4.68. The Bertz CT molecular complexity index is 806. The van der Waals surface area contributed by atoms with Crippen LogP contribution in [0.5, 0.6) is 0 Å². The van der Waals surface area contributed by atoms with E-state index in [4.69, 9.17) is 0 Å². The van der Waals surface area contributed by atoms with Gasteiger partial charge in [-0.2, -0.15) is 0 Å². The standard InChI is InChI=1S/C19H23N3O/c1-12(2)21-10-9-20-8-7-14-13-5-3-4-6-15(13)22-17(23)11-16(21)19(20)18(14)22/h3-6,12,16,19H,7-11H2,1-2H3/t16-,19-/m1/s1. The third-order valence-corrected chi connectivity index (χ3v) is 6.08. The van der Waals surface area contributed by atoms with Crippen LogP contribution in [0.4, 0.5) is 0 Å². The summed E-state index contributed by atoms with van der Waals surface area (Å²) >= 11 is 0. The topological polar surface area (TPSA) is 28.5 Å². The number of hydrogen-bond donors (Lipinski definition) is 0. The van der Waals surface area contributed by atoms with Crippen LogP contribution in [0.15, 0.2) is 24.3 Å². The van der Waals surface area contributed by atoms with E-state index < -0.39 is 0 Å². The van der Waals surface area contributed by atoms with Crippen LogP contribution in [0, 0.1) is 0 Å². The molecule has 0 aliphatic carbocycles. The number of piperazine rings is 1. The Balaban J connectivity index is 1.78.